The van der Waals surface area contributed by atoms with Crippen LogP contribution in [0.5, 0.6) is 0 Å². The number of nitrogens with zero attached hydrogens (tertiary/aromatic N) is 6. The van der Waals surface area contributed by atoms with Gasteiger partial charge in [-0.3, -0.25) is 4.90 Å². The third kappa shape index (κ3) is 4.58. The average molecular weight is 553 g/mol. The van der Waals surface area contributed by atoms with E-state index in [0.29, 0.717) is 30.1 Å². The SMILES string of the molecule is CC(F)(F)[C@@H]1CCc2nc3c(F)cc(-c4nc(Nc5ccc(CN6CC7CCC(C6)N7)cn5)ncc4F)cc3n21. The van der Waals surface area contributed by atoms with Gasteiger partial charge in [0.2, 0.25) is 5.95 Å². The Bertz CT molecular complexity index is 1570. The molecule has 0 spiro atoms. The van der Waals surface area contributed by atoms with Crippen LogP contribution in [-0.2, 0) is 13.0 Å². The van der Waals surface area contributed by atoms with Crippen molar-refractivity contribution in [2.24, 2.45) is 0 Å². The van der Waals surface area contributed by atoms with Crippen LogP contribution < -0.4 is 10.6 Å². The number of aromatic nitrogens is 5. The summed E-state index contributed by atoms with van der Waals surface area (Å²) in [5, 5.41) is 6.61. The monoisotopic (exact) mass is 552 g/mol. The second kappa shape index (κ2) is 9.48. The summed E-state index contributed by atoms with van der Waals surface area (Å²) >= 11 is 0. The van der Waals surface area contributed by atoms with E-state index in [1.54, 1.807) is 6.20 Å². The number of pyridine rings is 1. The van der Waals surface area contributed by atoms with Crippen molar-refractivity contribution in [2.75, 3.05) is 18.4 Å². The molecule has 4 aromatic rings. The number of fused-ring (bicyclic) bond motifs is 5. The number of hydrogen-bond donors (Lipinski definition) is 2. The summed E-state index contributed by atoms with van der Waals surface area (Å²) in [6, 6.07) is 6.35. The van der Waals surface area contributed by atoms with E-state index in [1.165, 1.54) is 23.5 Å². The predicted octanol–water partition coefficient (Wildman–Crippen LogP) is 4.99. The largest absolute Gasteiger partial charge is 0.319 e. The first kappa shape index (κ1) is 25.3. The van der Waals surface area contributed by atoms with Crippen LogP contribution in [0, 0.1) is 11.6 Å². The molecule has 12 heteroatoms. The van der Waals surface area contributed by atoms with Gasteiger partial charge in [-0.2, -0.15) is 0 Å². The summed E-state index contributed by atoms with van der Waals surface area (Å²) in [6.07, 6.45) is 5.75. The van der Waals surface area contributed by atoms with Gasteiger partial charge in [0.1, 0.15) is 22.9 Å². The van der Waals surface area contributed by atoms with Gasteiger partial charge < -0.3 is 15.2 Å². The van der Waals surface area contributed by atoms with Crippen molar-refractivity contribution in [3.05, 3.63) is 59.7 Å². The first-order valence-corrected chi connectivity index (χ1v) is 13.5. The van der Waals surface area contributed by atoms with Crippen LogP contribution in [-0.4, -0.2) is 60.5 Å². The summed E-state index contributed by atoms with van der Waals surface area (Å²) in [6.45, 7) is 3.71. The number of piperazine rings is 1. The van der Waals surface area contributed by atoms with Crippen LogP contribution >= 0.6 is 0 Å². The number of alkyl halides is 2. The smallest absolute Gasteiger partial charge is 0.265 e. The van der Waals surface area contributed by atoms with Crippen LogP contribution in [0.25, 0.3) is 22.3 Å². The van der Waals surface area contributed by atoms with Gasteiger partial charge in [-0.25, -0.2) is 37.5 Å². The van der Waals surface area contributed by atoms with Crippen molar-refractivity contribution in [3.63, 3.8) is 0 Å². The molecule has 2 unspecified atom stereocenters. The highest BCUT2D eigenvalue weighted by Gasteiger charge is 2.41. The zero-order valence-corrected chi connectivity index (χ0v) is 21.8. The van der Waals surface area contributed by atoms with Crippen LogP contribution in [0.1, 0.15) is 43.6 Å². The molecular formula is C28H28F4N8. The maximum absolute atomic E-state index is 15.1. The Morgan fingerprint density at radius 3 is 2.52 bits per heavy atom. The van der Waals surface area contributed by atoms with Crippen molar-refractivity contribution in [3.8, 4) is 11.3 Å². The second-order valence-electron chi connectivity index (χ2n) is 11.1. The highest BCUT2D eigenvalue weighted by molar-refractivity contribution is 5.83. The lowest BCUT2D eigenvalue weighted by molar-refractivity contribution is -0.0285. The highest BCUT2D eigenvalue weighted by atomic mass is 19.3. The molecule has 3 aromatic heterocycles. The third-order valence-electron chi connectivity index (χ3n) is 8.14. The summed E-state index contributed by atoms with van der Waals surface area (Å²) in [5.74, 6) is -3.57. The molecule has 1 aromatic carbocycles. The first-order chi connectivity index (χ1) is 19.2. The van der Waals surface area contributed by atoms with E-state index in [1.807, 2.05) is 12.1 Å². The molecule has 8 nitrogen and oxygen atoms in total. The Morgan fingerprint density at radius 1 is 1.00 bits per heavy atom. The van der Waals surface area contributed by atoms with E-state index in [2.05, 4.69) is 35.5 Å². The molecule has 0 radical (unpaired) electrons. The summed E-state index contributed by atoms with van der Waals surface area (Å²) < 4.78 is 59.9. The van der Waals surface area contributed by atoms with Crippen molar-refractivity contribution >= 4 is 22.8 Å². The normalized spacial score (nSPS) is 22.7. The van der Waals surface area contributed by atoms with E-state index < -0.39 is 23.6 Å². The van der Waals surface area contributed by atoms with Gasteiger partial charge in [0.25, 0.3) is 5.92 Å². The Balaban J connectivity index is 1.13. The fourth-order valence-electron chi connectivity index (χ4n) is 6.35. The molecule has 0 aliphatic carbocycles. The first-order valence-electron chi connectivity index (χ1n) is 13.5. The van der Waals surface area contributed by atoms with E-state index in [0.717, 1.165) is 44.4 Å². The van der Waals surface area contributed by atoms with Crippen molar-refractivity contribution in [2.45, 2.75) is 63.2 Å². The fourth-order valence-corrected chi connectivity index (χ4v) is 6.35. The number of likely N-dealkylation sites (tertiary alicyclic amines) is 1. The molecule has 0 amide bonds. The lowest BCUT2D eigenvalue weighted by Gasteiger charge is -2.32. The Labute approximate surface area is 227 Å². The van der Waals surface area contributed by atoms with Gasteiger partial charge in [-0.1, -0.05) is 6.07 Å². The number of benzene rings is 1. The van der Waals surface area contributed by atoms with Crippen LogP contribution in [0.4, 0.5) is 29.3 Å². The Kier molecular flexibility index (Phi) is 6.00. The Morgan fingerprint density at radius 2 is 1.80 bits per heavy atom. The molecule has 2 N–H and O–H groups in total. The minimum Gasteiger partial charge on any atom is -0.319 e. The number of halogens is 4. The maximum Gasteiger partial charge on any atom is 0.265 e. The molecule has 7 rings (SSSR count). The molecule has 3 atom stereocenters. The fraction of sp³-hybridized carbons (Fsp3) is 0.429. The second-order valence-corrected chi connectivity index (χ2v) is 11.1. The molecule has 2 saturated heterocycles. The molecule has 3 aliphatic rings. The van der Waals surface area contributed by atoms with E-state index >= 15 is 4.39 Å². The van der Waals surface area contributed by atoms with E-state index in [-0.39, 0.29) is 34.7 Å². The molecule has 2 bridgehead atoms. The number of anilines is 2. The number of nitrogens with one attached hydrogen (secondary N) is 2. The topological polar surface area (TPSA) is 83.8 Å². The van der Waals surface area contributed by atoms with Gasteiger partial charge in [-0.05, 0) is 43.0 Å². The molecule has 2 fully saturated rings. The Hall–Kier alpha value is -3.64. The average Bonchev–Trinajstić information content (AvgIpc) is 3.60. The lowest BCUT2D eigenvalue weighted by atomic mass is 10.1. The molecule has 0 saturated carbocycles. The molecular weight excluding hydrogens is 524 g/mol. The van der Waals surface area contributed by atoms with Gasteiger partial charge in [-0.15, -0.1) is 0 Å². The zero-order valence-electron chi connectivity index (χ0n) is 21.8. The summed E-state index contributed by atoms with van der Waals surface area (Å²) in [7, 11) is 0. The van der Waals surface area contributed by atoms with Gasteiger partial charge >= 0.3 is 0 Å². The molecule has 6 heterocycles. The predicted molar refractivity (Wildman–Crippen MR) is 141 cm³/mol. The number of hydrogen-bond acceptors (Lipinski definition) is 7. The van der Waals surface area contributed by atoms with Gasteiger partial charge in [0, 0.05) is 56.8 Å². The van der Waals surface area contributed by atoms with Crippen molar-refractivity contribution in [1.82, 2.24) is 34.7 Å². The number of rotatable bonds is 6. The van der Waals surface area contributed by atoms with E-state index in [4.69, 9.17) is 0 Å². The minimum absolute atomic E-state index is 0.0155. The molecule has 208 valence electrons. The van der Waals surface area contributed by atoms with Gasteiger partial charge in [0.15, 0.2) is 11.6 Å². The summed E-state index contributed by atoms with van der Waals surface area (Å²) in [5.41, 5.74) is 1.21. The lowest BCUT2D eigenvalue weighted by Crippen LogP contribution is -2.50. The zero-order chi connectivity index (χ0) is 27.6. The summed E-state index contributed by atoms with van der Waals surface area (Å²) in [4.78, 5) is 19.4. The highest BCUT2D eigenvalue weighted by Crippen LogP contribution is 2.41. The number of aryl methyl sites for hydroxylation is 1. The molecule has 3 aliphatic heterocycles. The third-order valence-corrected chi connectivity index (χ3v) is 8.14. The van der Waals surface area contributed by atoms with Crippen LogP contribution in [0.2, 0.25) is 0 Å². The van der Waals surface area contributed by atoms with Crippen LogP contribution in [0.15, 0.2) is 36.7 Å². The minimum atomic E-state index is -3.02. The molecule has 40 heavy (non-hydrogen) atoms. The van der Waals surface area contributed by atoms with Gasteiger partial charge in [0.05, 0.1) is 17.8 Å². The van der Waals surface area contributed by atoms with Crippen molar-refractivity contribution in [1.29, 1.82) is 0 Å². The standard InChI is InChI=1S/C28H28F4N8/c1-28(31,32)22-5-7-24-37-26-19(29)8-16(9-21(26)40(22)24)25-20(30)11-34-27(38-25)36-23-6-2-15(10-33-23)12-39-13-17-3-4-18(14-39)35-17/h2,6,8-11,17-18,22,35H,3-5,7,12-14H2,1H3,(H,33,34,36,38)/t17?,18?,22-/m0/s1. The quantitative estimate of drug-likeness (QED) is 0.326. The maximum atomic E-state index is 15.1. The van der Waals surface area contributed by atoms with Crippen molar-refractivity contribution < 1.29 is 17.6 Å². The number of imidazole rings is 1. The van der Waals surface area contributed by atoms with E-state index in [9.17, 15) is 13.2 Å². The van der Waals surface area contributed by atoms with Crippen LogP contribution in [0.3, 0.4) is 0 Å².